The van der Waals surface area contributed by atoms with E-state index in [1.807, 2.05) is 52.5 Å². The highest BCUT2D eigenvalue weighted by molar-refractivity contribution is 6.11. The number of nitriles is 4. The van der Waals surface area contributed by atoms with Gasteiger partial charge in [0, 0.05) is 63.8 Å². The van der Waals surface area contributed by atoms with Gasteiger partial charge in [-0.05, 0) is 156 Å². The van der Waals surface area contributed by atoms with Gasteiger partial charge in [0.05, 0.1) is 241 Å². The van der Waals surface area contributed by atoms with Gasteiger partial charge in [-0.15, -0.1) is 0 Å². The van der Waals surface area contributed by atoms with E-state index in [1.54, 1.807) is 117 Å². The average Bonchev–Trinajstić information content (AvgIpc) is 1.59. The monoisotopic (exact) mass is 1960 g/mol. The molecule has 16 rings (SSSR count). The molecule has 142 heavy (non-hydrogen) atoms. The van der Waals surface area contributed by atoms with Crippen molar-refractivity contribution < 1.29 is 120 Å². The summed E-state index contributed by atoms with van der Waals surface area (Å²) in [5.74, 6) is -4.34. The number of quaternary nitrogens is 2. The van der Waals surface area contributed by atoms with E-state index >= 15 is 0 Å². The van der Waals surface area contributed by atoms with E-state index < -0.39 is 144 Å². The summed E-state index contributed by atoms with van der Waals surface area (Å²) in [5.41, 5.74) is 1.17. The smallest absolute Gasteiger partial charge is 0.416 e. The number of urea groups is 4. The second kappa shape index (κ2) is 41.0. The predicted octanol–water partition coefficient (Wildman–Crippen LogP) is 12.8. The molecule has 0 fully saturated rings. The number of carboxylic acids is 2. The van der Waals surface area contributed by atoms with Gasteiger partial charge in [0.1, 0.15) is 0 Å². The summed E-state index contributed by atoms with van der Waals surface area (Å²) < 4.78 is 166. The molecule has 0 bridgehead atoms. The molecule has 0 spiro atoms. The van der Waals surface area contributed by atoms with Crippen LogP contribution in [0.1, 0.15) is 129 Å². The van der Waals surface area contributed by atoms with Crippen LogP contribution in [0.25, 0.3) is 0 Å². The Hall–Kier alpha value is -16.3. The molecule has 8 aromatic rings. The lowest BCUT2D eigenvalue weighted by Gasteiger charge is -2.34. The van der Waals surface area contributed by atoms with Gasteiger partial charge in [0.2, 0.25) is 0 Å². The Kier molecular flexibility index (Phi) is 29.3. The quantitative estimate of drug-likeness (QED) is 0.0274. The molecule has 0 aliphatic carbocycles. The molecule has 30 nitrogen and oxygen atoms in total. The maximum atomic E-state index is 14.2. The van der Waals surface area contributed by atoms with E-state index in [2.05, 4.69) is 21.3 Å². The SMILES string of the molecule is C[N+](C)(CCCN1CC2=C(C1=O)[C@@H](c1ccc(C#N)cc1)NC(=O)N2c1cccc(C(F)(F)F)c1)CCCN1CC2=C(C1=O)[C@@H](c1ccc(C#N)cc1)NC(=O)N2c1cccc(C(F)(F)F)c1.C[N+](C)(CCCN1CC2=C(C1=O)[C@@H](c1ccc(C#N)cc1)NC(=O)N2c1cccc(C(F)(F)F)c1)CCCN1CC2=C(C1=O)[C@@H](c1ccc(C#N)cc1)NC(=O)N2c1cccc(C(F)(F)F)c1.O=C([O-])CCC(=O)[O-]. The molecule has 734 valence electrons. The zero-order valence-electron chi connectivity index (χ0n) is 76.2. The lowest BCUT2D eigenvalue weighted by Crippen LogP contribution is -2.47. The number of carboxylic acid groups (broad SMARTS) is 2. The summed E-state index contributed by atoms with van der Waals surface area (Å²) in [4.78, 5) is 141. The van der Waals surface area contributed by atoms with Crippen LogP contribution >= 0.6 is 0 Å². The van der Waals surface area contributed by atoms with E-state index in [9.17, 15) is 132 Å². The fraction of sp³-hybridized carbons (Fsp3) is 0.300. The van der Waals surface area contributed by atoms with E-state index in [1.165, 1.54) is 48.5 Å². The van der Waals surface area contributed by atoms with Crippen molar-refractivity contribution in [2.45, 2.75) is 87.4 Å². The fourth-order valence-electron chi connectivity index (χ4n) is 18.3. The van der Waals surface area contributed by atoms with Crippen molar-refractivity contribution in [1.82, 2.24) is 40.9 Å². The number of nitrogens with zero attached hydrogens (tertiary/aromatic N) is 14. The maximum absolute atomic E-state index is 14.2. The molecule has 8 aliphatic heterocycles. The Balaban J connectivity index is 0.000000209. The van der Waals surface area contributed by atoms with Gasteiger partial charge in [0.15, 0.2) is 0 Å². The molecule has 0 saturated heterocycles. The highest BCUT2D eigenvalue weighted by Gasteiger charge is 2.51. The topological polar surface area (TPSA) is 386 Å². The standard InChI is InChI=1S/2C48H41F6N9O4.C4H6O4/c2*1-63(2,21-5-19-59-27-37-39(43(59)64)41(31-15-11-29(25-55)12-16-31)57-45(66)61(37)35-9-3-7-33(23-35)47(49,50)51)22-6-20-60-28-38-40(44(60)65)42(32-17-13-30(26-56)14-18-32)58-46(67)62(38)36-10-4-8-34(24-36)48(52,53)54;5-3(6)1-2-4(7)8/h2*3-4,7-18,23-24,41-42H,5-6,19-22,27-28H2,1-2H3,(H-,57,58,66,67);1-2H2,(H,5,6)(H,7,8)/t2*41-,42-;/m11./s1. The minimum Gasteiger partial charge on any atom is -0.550 e. The van der Waals surface area contributed by atoms with E-state index in [-0.39, 0.29) is 120 Å². The molecule has 12 amide bonds. The highest BCUT2D eigenvalue weighted by atomic mass is 19.4. The molecule has 8 aliphatic rings. The number of rotatable bonds is 27. The summed E-state index contributed by atoms with van der Waals surface area (Å²) in [6.45, 7) is 2.95. The largest absolute Gasteiger partial charge is 0.550 e. The van der Waals surface area contributed by atoms with Crippen molar-refractivity contribution in [1.29, 1.82) is 21.0 Å². The van der Waals surface area contributed by atoms with Gasteiger partial charge < -0.3 is 69.6 Å². The molecule has 0 unspecified atom stereocenters. The second-order valence-electron chi connectivity index (χ2n) is 35.8. The number of nitrogens with one attached hydrogen (secondary N) is 4. The van der Waals surface area contributed by atoms with Crippen LogP contribution in [0.2, 0.25) is 0 Å². The molecule has 4 atom stereocenters. The molecule has 42 heteroatoms. The van der Waals surface area contributed by atoms with Gasteiger partial charge in [-0.25, -0.2) is 19.2 Å². The third-order valence-electron chi connectivity index (χ3n) is 25.3. The number of alkyl halides is 12. The van der Waals surface area contributed by atoms with Crippen LogP contribution < -0.4 is 51.1 Å². The predicted molar refractivity (Wildman–Crippen MR) is 481 cm³/mol. The average molecular weight is 1960 g/mol. The number of hydrogen-bond acceptors (Lipinski definition) is 16. The second-order valence-corrected chi connectivity index (χ2v) is 35.8. The van der Waals surface area contributed by atoms with Gasteiger partial charge in [-0.3, -0.25) is 38.8 Å². The van der Waals surface area contributed by atoms with Crippen LogP contribution in [0.5, 0.6) is 0 Å². The summed E-state index contributed by atoms with van der Waals surface area (Å²) in [6.07, 6.45) is -17.7. The number of aliphatic carboxylic acids is 2. The van der Waals surface area contributed by atoms with Gasteiger partial charge in [-0.1, -0.05) is 72.8 Å². The normalized spacial score (nSPS) is 18.2. The van der Waals surface area contributed by atoms with Crippen LogP contribution in [-0.4, -0.2) is 195 Å². The molecule has 8 aromatic carbocycles. The van der Waals surface area contributed by atoms with Crippen LogP contribution in [-0.2, 0) is 53.5 Å². The Labute approximate surface area is 804 Å². The maximum Gasteiger partial charge on any atom is 0.416 e. The number of carbonyl (C=O) groups is 10. The zero-order chi connectivity index (χ0) is 103. The Morgan fingerprint density at radius 3 is 0.683 bits per heavy atom. The number of benzene rings is 8. The van der Waals surface area contributed by atoms with Crippen molar-refractivity contribution >= 4 is 82.4 Å². The molecule has 0 radical (unpaired) electrons. The lowest BCUT2D eigenvalue weighted by atomic mass is 9.94. The van der Waals surface area contributed by atoms with Crippen molar-refractivity contribution in [3.05, 3.63) is 306 Å². The van der Waals surface area contributed by atoms with Gasteiger partial charge in [-0.2, -0.15) is 73.7 Å². The van der Waals surface area contributed by atoms with Crippen molar-refractivity contribution in [2.75, 3.05) is 126 Å². The molecular weight excluding hydrogens is 1870 g/mol. The van der Waals surface area contributed by atoms with Crippen molar-refractivity contribution in [2.24, 2.45) is 0 Å². The minimum absolute atomic E-state index is 0.0505. The Bertz CT molecular complexity index is 5900. The molecular formula is C100H88F12N18O12. The third-order valence-corrected chi connectivity index (χ3v) is 25.3. The van der Waals surface area contributed by atoms with Crippen molar-refractivity contribution in [3.8, 4) is 24.3 Å². The van der Waals surface area contributed by atoms with Crippen LogP contribution in [0.15, 0.2) is 239 Å². The molecule has 0 aromatic heterocycles. The first kappa shape index (κ1) is 102. The minimum atomic E-state index is -4.68. The first-order valence-electron chi connectivity index (χ1n) is 44.4. The summed E-state index contributed by atoms with van der Waals surface area (Å²) in [5, 5.41) is 67.5. The highest BCUT2D eigenvalue weighted by Crippen LogP contribution is 2.47. The number of carbonyl (C=O) groups excluding carboxylic acids is 10. The van der Waals surface area contributed by atoms with E-state index in [0.29, 0.717) is 105 Å². The van der Waals surface area contributed by atoms with Gasteiger partial charge >= 0.3 is 48.8 Å². The molecule has 8 heterocycles. The zero-order valence-corrected chi connectivity index (χ0v) is 76.2. The number of anilines is 4. The van der Waals surface area contributed by atoms with Crippen LogP contribution in [0, 0.1) is 45.3 Å². The Morgan fingerprint density at radius 2 is 0.514 bits per heavy atom. The lowest BCUT2D eigenvalue weighted by molar-refractivity contribution is -0.890. The Morgan fingerprint density at radius 1 is 0.324 bits per heavy atom. The van der Waals surface area contributed by atoms with E-state index in [4.69, 9.17) is 0 Å². The summed E-state index contributed by atoms with van der Waals surface area (Å²) >= 11 is 0. The summed E-state index contributed by atoms with van der Waals surface area (Å²) in [7, 11) is 7.90. The van der Waals surface area contributed by atoms with Crippen LogP contribution in [0.3, 0.4) is 0 Å². The molecule has 0 saturated carbocycles. The first-order valence-corrected chi connectivity index (χ1v) is 44.4. The molecule has 4 N–H and O–H groups in total. The van der Waals surface area contributed by atoms with Crippen molar-refractivity contribution in [3.63, 3.8) is 0 Å². The van der Waals surface area contributed by atoms with E-state index in [0.717, 1.165) is 68.1 Å². The number of hydrogen-bond donors (Lipinski definition) is 4. The fourth-order valence-corrected chi connectivity index (χ4v) is 18.3. The summed E-state index contributed by atoms with van der Waals surface area (Å²) in [6, 6.07) is 44.0. The number of amides is 12. The van der Waals surface area contributed by atoms with Crippen LogP contribution in [0.4, 0.5) is 94.6 Å². The van der Waals surface area contributed by atoms with Gasteiger partial charge in [0.25, 0.3) is 23.6 Å². The number of halogens is 12. The third kappa shape index (κ3) is 22.3. The first-order chi connectivity index (χ1) is 67.2.